The van der Waals surface area contributed by atoms with Crippen molar-refractivity contribution in [3.63, 3.8) is 0 Å². The lowest BCUT2D eigenvalue weighted by molar-refractivity contribution is 0.274. The third-order valence-electron chi connectivity index (χ3n) is 3.85. The van der Waals surface area contributed by atoms with Crippen LogP contribution in [0.5, 0.6) is 0 Å². The fourth-order valence-electron chi connectivity index (χ4n) is 2.36. The molecular formula is C13H24. The van der Waals surface area contributed by atoms with E-state index in [0.29, 0.717) is 0 Å². The topological polar surface area (TPSA) is 0 Å². The highest BCUT2D eigenvalue weighted by molar-refractivity contribution is 4.96. The maximum absolute atomic E-state index is 4.10. The Balaban J connectivity index is 2.46. The number of rotatable bonds is 1. The summed E-state index contributed by atoms with van der Waals surface area (Å²) in [6.45, 7) is 11.1. The van der Waals surface area contributed by atoms with E-state index in [0.717, 1.165) is 17.8 Å². The van der Waals surface area contributed by atoms with Gasteiger partial charge < -0.3 is 0 Å². The van der Waals surface area contributed by atoms with Gasteiger partial charge in [-0.25, -0.2) is 0 Å². The van der Waals surface area contributed by atoms with Crippen molar-refractivity contribution in [2.45, 2.75) is 52.9 Å². The molecule has 0 saturated heterocycles. The summed E-state index contributed by atoms with van der Waals surface area (Å²) in [6.07, 6.45) is 6.99. The summed E-state index contributed by atoms with van der Waals surface area (Å²) in [7, 11) is 0. The van der Waals surface area contributed by atoms with Crippen molar-refractivity contribution in [1.82, 2.24) is 0 Å². The molecule has 13 heavy (non-hydrogen) atoms. The summed E-state index contributed by atoms with van der Waals surface area (Å²) in [6, 6.07) is 0. The van der Waals surface area contributed by atoms with Crippen LogP contribution in [-0.4, -0.2) is 0 Å². The van der Waals surface area contributed by atoms with Crippen LogP contribution in [0.3, 0.4) is 0 Å². The molecule has 1 aliphatic carbocycles. The van der Waals surface area contributed by atoms with E-state index in [9.17, 15) is 0 Å². The zero-order chi connectivity index (χ0) is 9.84. The molecule has 0 N–H and O–H groups in total. The Morgan fingerprint density at radius 1 is 1.00 bits per heavy atom. The molecule has 3 atom stereocenters. The quantitative estimate of drug-likeness (QED) is 0.524. The van der Waals surface area contributed by atoms with Crippen LogP contribution in [0.25, 0.3) is 0 Å². The molecule has 1 fully saturated rings. The van der Waals surface area contributed by atoms with Gasteiger partial charge in [-0.15, -0.1) is 0 Å². The van der Waals surface area contributed by atoms with Crippen LogP contribution in [-0.2, 0) is 0 Å². The van der Waals surface area contributed by atoms with Crippen molar-refractivity contribution in [2.75, 3.05) is 0 Å². The Labute approximate surface area is 83.4 Å². The van der Waals surface area contributed by atoms with Crippen LogP contribution in [0.1, 0.15) is 52.9 Å². The zero-order valence-corrected chi connectivity index (χ0v) is 9.47. The number of allylic oxidation sites excluding steroid dienone is 1. The number of hydrogen-bond donors (Lipinski definition) is 0. The second kappa shape index (κ2) is 4.83. The van der Waals surface area contributed by atoms with Gasteiger partial charge in [0.2, 0.25) is 0 Å². The van der Waals surface area contributed by atoms with Gasteiger partial charge in [-0.05, 0) is 43.9 Å². The van der Waals surface area contributed by atoms with Crippen molar-refractivity contribution >= 4 is 0 Å². The first-order valence-electron chi connectivity index (χ1n) is 5.76. The normalized spacial score (nSPS) is 36.4. The smallest absolute Gasteiger partial charge is 0.0209 e. The van der Waals surface area contributed by atoms with Gasteiger partial charge in [-0.3, -0.25) is 0 Å². The van der Waals surface area contributed by atoms with E-state index in [4.69, 9.17) is 0 Å². The standard InChI is InChI=1S/C13H24/c1-10(2)13-7-5-6-11(3)12(4)8-9-13/h11-13H,1,5-9H2,2-4H3. The van der Waals surface area contributed by atoms with E-state index in [1.54, 1.807) is 0 Å². The molecule has 0 bridgehead atoms. The first kappa shape index (κ1) is 10.8. The lowest BCUT2D eigenvalue weighted by atomic mass is 9.79. The summed E-state index contributed by atoms with van der Waals surface area (Å²) in [5.74, 6) is 2.67. The molecule has 3 unspecified atom stereocenters. The average Bonchev–Trinajstić information content (AvgIpc) is 2.06. The summed E-state index contributed by atoms with van der Waals surface area (Å²) in [5.41, 5.74) is 1.40. The molecular weight excluding hydrogens is 156 g/mol. The summed E-state index contributed by atoms with van der Waals surface area (Å²) in [4.78, 5) is 0. The van der Waals surface area contributed by atoms with Gasteiger partial charge in [0.15, 0.2) is 0 Å². The largest absolute Gasteiger partial charge is 0.0999 e. The highest BCUT2D eigenvalue weighted by Crippen LogP contribution is 2.32. The maximum atomic E-state index is 4.10. The van der Waals surface area contributed by atoms with Crippen LogP contribution < -0.4 is 0 Å². The van der Waals surface area contributed by atoms with Crippen LogP contribution in [0.15, 0.2) is 12.2 Å². The monoisotopic (exact) mass is 180 g/mol. The first-order valence-corrected chi connectivity index (χ1v) is 5.76. The third-order valence-corrected chi connectivity index (χ3v) is 3.85. The molecule has 0 aliphatic heterocycles. The van der Waals surface area contributed by atoms with E-state index in [1.165, 1.54) is 37.7 Å². The molecule has 0 spiro atoms. The molecule has 76 valence electrons. The fraction of sp³-hybridized carbons (Fsp3) is 0.846. The molecule has 1 rings (SSSR count). The number of hydrogen-bond acceptors (Lipinski definition) is 0. The minimum atomic E-state index is 0.815. The van der Waals surface area contributed by atoms with Gasteiger partial charge in [-0.1, -0.05) is 38.8 Å². The molecule has 0 nitrogen and oxygen atoms in total. The van der Waals surface area contributed by atoms with Crippen molar-refractivity contribution < 1.29 is 0 Å². The summed E-state index contributed by atoms with van der Waals surface area (Å²) >= 11 is 0. The van der Waals surface area contributed by atoms with Crippen LogP contribution in [0.2, 0.25) is 0 Å². The van der Waals surface area contributed by atoms with Crippen LogP contribution in [0.4, 0.5) is 0 Å². The van der Waals surface area contributed by atoms with Crippen LogP contribution in [0, 0.1) is 17.8 Å². The Morgan fingerprint density at radius 3 is 2.23 bits per heavy atom. The summed E-state index contributed by atoms with van der Waals surface area (Å²) in [5, 5.41) is 0. The van der Waals surface area contributed by atoms with E-state index < -0.39 is 0 Å². The second-order valence-electron chi connectivity index (χ2n) is 5.01. The minimum Gasteiger partial charge on any atom is -0.0999 e. The maximum Gasteiger partial charge on any atom is -0.0209 e. The molecule has 0 aromatic rings. The molecule has 0 amide bonds. The Hall–Kier alpha value is -0.260. The lowest BCUT2D eigenvalue weighted by Crippen LogP contribution is -2.15. The fourth-order valence-corrected chi connectivity index (χ4v) is 2.36. The van der Waals surface area contributed by atoms with Gasteiger partial charge in [0.25, 0.3) is 0 Å². The van der Waals surface area contributed by atoms with Crippen molar-refractivity contribution in [1.29, 1.82) is 0 Å². The Kier molecular flexibility index (Phi) is 4.02. The first-order chi connectivity index (χ1) is 6.11. The predicted octanol–water partition coefficient (Wildman–Crippen LogP) is 4.42. The highest BCUT2D eigenvalue weighted by Gasteiger charge is 2.19. The average molecular weight is 180 g/mol. The van der Waals surface area contributed by atoms with Crippen molar-refractivity contribution in [3.8, 4) is 0 Å². The van der Waals surface area contributed by atoms with E-state index >= 15 is 0 Å². The Bertz CT molecular complexity index is 169. The summed E-state index contributed by atoms with van der Waals surface area (Å²) < 4.78 is 0. The molecule has 1 saturated carbocycles. The SMILES string of the molecule is C=C(C)C1CCCC(C)C(C)CC1. The van der Waals surface area contributed by atoms with Crippen molar-refractivity contribution in [2.24, 2.45) is 17.8 Å². The third kappa shape index (κ3) is 3.17. The van der Waals surface area contributed by atoms with Gasteiger partial charge >= 0.3 is 0 Å². The minimum absolute atomic E-state index is 0.815. The zero-order valence-electron chi connectivity index (χ0n) is 9.47. The molecule has 1 aliphatic rings. The molecule has 0 aromatic heterocycles. The second-order valence-corrected chi connectivity index (χ2v) is 5.01. The molecule has 0 aromatic carbocycles. The predicted molar refractivity (Wildman–Crippen MR) is 59.7 cm³/mol. The highest BCUT2D eigenvalue weighted by atomic mass is 14.2. The van der Waals surface area contributed by atoms with Gasteiger partial charge in [-0.2, -0.15) is 0 Å². The van der Waals surface area contributed by atoms with Gasteiger partial charge in [0, 0.05) is 0 Å². The molecule has 0 heteroatoms. The van der Waals surface area contributed by atoms with E-state index in [1.807, 2.05) is 0 Å². The van der Waals surface area contributed by atoms with Gasteiger partial charge in [0.05, 0.1) is 0 Å². The molecule has 0 heterocycles. The van der Waals surface area contributed by atoms with E-state index in [2.05, 4.69) is 27.4 Å². The Morgan fingerprint density at radius 2 is 1.62 bits per heavy atom. The lowest BCUT2D eigenvalue weighted by Gasteiger charge is -2.27. The van der Waals surface area contributed by atoms with Gasteiger partial charge in [0.1, 0.15) is 0 Å². The molecule has 0 radical (unpaired) electrons. The van der Waals surface area contributed by atoms with E-state index in [-0.39, 0.29) is 0 Å². The van der Waals surface area contributed by atoms with Crippen LogP contribution >= 0.6 is 0 Å². The van der Waals surface area contributed by atoms with Crippen molar-refractivity contribution in [3.05, 3.63) is 12.2 Å².